The van der Waals surface area contributed by atoms with Crippen molar-refractivity contribution in [3.63, 3.8) is 0 Å². The Morgan fingerprint density at radius 3 is 2.20 bits per heavy atom. The van der Waals surface area contributed by atoms with Gasteiger partial charge in [0.05, 0.1) is 0 Å². The molecule has 2 heteroatoms. The molecule has 88 valence electrons. The number of hydrogen-bond acceptors (Lipinski definition) is 1. The Balaban J connectivity index is 1.71. The summed E-state index contributed by atoms with van der Waals surface area (Å²) < 4.78 is 0. The molecule has 0 aromatic carbocycles. The standard InChI is InChI=1S/C13H24O2/c1-11-10-12(11)8-6-4-2-3-5-7-9-13(14)15/h11-12H,2-10H2,1H3,(H,14,15)/t11-,12+/m1/s1. The van der Waals surface area contributed by atoms with Crippen molar-refractivity contribution in [3.05, 3.63) is 0 Å². The molecule has 0 unspecified atom stereocenters. The van der Waals surface area contributed by atoms with Crippen LogP contribution in [-0.2, 0) is 4.79 Å². The lowest BCUT2D eigenvalue weighted by molar-refractivity contribution is -0.137. The second-order valence-electron chi connectivity index (χ2n) is 5.03. The molecule has 0 saturated heterocycles. The van der Waals surface area contributed by atoms with Gasteiger partial charge in [0, 0.05) is 6.42 Å². The van der Waals surface area contributed by atoms with Crippen LogP contribution in [0.1, 0.15) is 64.7 Å². The molecule has 15 heavy (non-hydrogen) atoms. The fourth-order valence-electron chi connectivity index (χ4n) is 2.19. The number of aliphatic carboxylic acids is 1. The van der Waals surface area contributed by atoms with E-state index < -0.39 is 5.97 Å². The molecule has 0 heterocycles. The van der Waals surface area contributed by atoms with E-state index in [2.05, 4.69) is 6.92 Å². The van der Waals surface area contributed by atoms with Crippen LogP contribution in [0.3, 0.4) is 0 Å². The summed E-state index contributed by atoms with van der Waals surface area (Å²) in [5.74, 6) is 1.38. The van der Waals surface area contributed by atoms with Gasteiger partial charge in [-0.25, -0.2) is 0 Å². The number of unbranched alkanes of at least 4 members (excludes halogenated alkanes) is 5. The lowest BCUT2D eigenvalue weighted by Gasteiger charge is -2.00. The third kappa shape index (κ3) is 6.53. The van der Waals surface area contributed by atoms with Crippen LogP contribution in [0.15, 0.2) is 0 Å². The summed E-state index contributed by atoms with van der Waals surface area (Å²) in [5, 5.41) is 8.45. The Morgan fingerprint density at radius 1 is 1.13 bits per heavy atom. The summed E-state index contributed by atoms with van der Waals surface area (Å²) in [5.41, 5.74) is 0. The first-order valence-electron chi connectivity index (χ1n) is 6.42. The number of rotatable bonds is 9. The maximum absolute atomic E-state index is 10.2. The van der Waals surface area contributed by atoms with E-state index in [4.69, 9.17) is 5.11 Å². The van der Waals surface area contributed by atoms with Crippen LogP contribution in [0.5, 0.6) is 0 Å². The fraction of sp³-hybridized carbons (Fsp3) is 0.923. The Kier molecular flexibility index (Phi) is 5.74. The average Bonchev–Trinajstić information content (AvgIpc) is 2.86. The summed E-state index contributed by atoms with van der Waals surface area (Å²) >= 11 is 0. The summed E-state index contributed by atoms with van der Waals surface area (Å²) in [4.78, 5) is 10.2. The van der Waals surface area contributed by atoms with E-state index in [0.29, 0.717) is 6.42 Å². The largest absolute Gasteiger partial charge is 0.481 e. The molecule has 0 aliphatic heterocycles. The maximum Gasteiger partial charge on any atom is 0.303 e. The molecule has 0 spiro atoms. The van der Waals surface area contributed by atoms with Crippen molar-refractivity contribution in [1.82, 2.24) is 0 Å². The molecule has 1 aliphatic carbocycles. The van der Waals surface area contributed by atoms with Gasteiger partial charge in [0.15, 0.2) is 0 Å². The van der Waals surface area contributed by atoms with Crippen molar-refractivity contribution in [2.24, 2.45) is 11.8 Å². The number of carboxylic acid groups (broad SMARTS) is 1. The van der Waals surface area contributed by atoms with Gasteiger partial charge in [0.2, 0.25) is 0 Å². The Bertz CT molecular complexity index is 189. The van der Waals surface area contributed by atoms with Gasteiger partial charge in [0.1, 0.15) is 0 Å². The molecule has 1 aliphatic rings. The van der Waals surface area contributed by atoms with Crippen molar-refractivity contribution in [3.8, 4) is 0 Å². The van der Waals surface area contributed by atoms with E-state index in [1.807, 2.05) is 0 Å². The Morgan fingerprint density at radius 2 is 1.67 bits per heavy atom. The highest BCUT2D eigenvalue weighted by atomic mass is 16.4. The second-order valence-corrected chi connectivity index (χ2v) is 5.03. The lowest BCUT2D eigenvalue weighted by atomic mass is 10.1. The summed E-state index contributed by atoms with van der Waals surface area (Å²) in [7, 11) is 0. The van der Waals surface area contributed by atoms with Crippen LogP contribution in [0.2, 0.25) is 0 Å². The number of hydrogen-bond donors (Lipinski definition) is 1. The van der Waals surface area contributed by atoms with Crippen LogP contribution < -0.4 is 0 Å². The minimum Gasteiger partial charge on any atom is -0.481 e. The zero-order valence-electron chi connectivity index (χ0n) is 9.87. The molecule has 2 nitrogen and oxygen atoms in total. The molecule has 1 saturated carbocycles. The predicted octanol–water partition coefficient (Wildman–Crippen LogP) is 3.85. The van der Waals surface area contributed by atoms with Crippen LogP contribution in [-0.4, -0.2) is 11.1 Å². The van der Waals surface area contributed by atoms with Crippen LogP contribution in [0.25, 0.3) is 0 Å². The van der Waals surface area contributed by atoms with Crippen molar-refractivity contribution in [2.45, 2.75) is 64.7 Å². The summed E-state index contributed by atoms with van der Waals surface area (Å²) in [6.07, 6.45) is 10.4. The highest BCUT2D eigenvalue weighted by Crippen LogP contribution is 2.41. The van der Waals surface area contributed by atoms with Gasteiger partial charge in [-0.3, -0.25) is 4.79 Å². The number of carboxylic acids is 1. The minimum atomic E-state index is -0.655. The molecule has 0 amide bonds. The van der Waals surface area contributed by atoms with Gasteiger partial charge in [-0.15, -0.1) is 0 Å². The first-order chi connectivity index (χ1) is 7.20. The zero-order chi connectivity index (χ0) is 11.1. The predicted molar refractivity (Wildman–Crippen MR) is 61.8 cm³/mol. The summed E-state index contributed by atoms with van der Waals surface area (Å²) in [6, 6.07) is 0. The van der Waals surface area contributed by atoms with Crippen LogP contribution in [0, 0.1) is 11.8 Å². The van der Waals surface area contributed by atoms with Gasteiger partial charge in [0.25, 0.3) is 0 Å². The van der Waals surface area contributed by atoms with Gasteiger partial charge < -0.3 is 5.11 Å². The third-order valence-electron chi connectivity index (χ3n) is 3.49. The van der Waals surface area contributed by atoms with Crippen LogP contribution in [0.4, 0.5) is 0 Å². The smallest absolute Gasteiger partial charge is 0.303 e. The summed E-state index contributed by atoms with van der Waals surface area (Å²) in [6.45, 7) is 2.34. The van der Waals surface area contributed by atoms with E-state index in [1.54, 1.807) is 0 Å². The van der Waals surface area contributed by atoms with Gasteiger partial charge in [-0.1, -0.05) is 45.4 Å². The molecule has 1 fully saturated rings. The monoisotopic (exact) mass is 212 g/mol. The zero-order valence-corrected chi connectivity index (χ0v) is 9.87. The SMILES string of the molecule is C[C@@H]1C[C@@H]1CCCCCCCCC(=O)O. The average molecular weight is 212 g/mol. The first-order valence-corrected chi connectivity index (χ1v) is 6.42. The highest BCUT2D eigenvalue weighted by molar-refractivity contribution is 5.66. The molecule has 0 radical (unpaired) electrons. The second kappa shape index (κ2) is 6.86. The normalized spacial score (nSPS) is 24.1. The topological polar surface area (TPSA) is 37.3 Å². The van der Waals surface area contributed by atoms with E-state index in [0.717, 1.165) is 24.7 Å². The van der Waals surface area contributed by atoms with E-state index in [9.17, 15) is 4.79 Å². The van der Waals surface area contributed by atoms with Gasteiger partial charge in [-0.2, -0.15) is 0 Å². The number of carbonyl (C=O) groups is 1. The van der Waals surface area contributed by atoms with Crippen LogP contribution >= 0.6 is 0 Å². The molecular formula is C13H24O2. The van der Waals surface area contributed by atoms with Gasteiger partial charge >= 0.3 is 5.97 Å². The minimum absolute atomic E-state index is 0.347. The molecule has 1 N–H and O–H groups in total. The van der Waals surface area contributed by atoms with Crippen molar-refractivity contribution < 1.29 is 9.90 Å². The Hall–Kier alpha value is -0.530. The lowest BCUT2D eigenvalue weighted by Crippen LogP contribution is -1.93. The molecule has 0 aromatic heterocycles. The molecule has 1 rings (SSSR count). The van der Waals surface area contributed by atoms with Gasteiger partial charge in [-0.05, 0) is 24.7 Å². The molecule has 0 aromatic rings. The fourth-order valence-corrected chi connectivity index (χ4v) is 2.19. The van der Waals surface area contributed by atoms with E-state index in [1.165, 1.54) is 38.5 Å². The first kappa shape index (κ1) is 12.5. The van der Waals surface area contributed by atoms with Crippen molar-refractivity contribution >= 4 is 5.97 Å². The maximum atomic E-state index is 10.2. The molecule has 2 atom stereocenters. The third-order valence-corrected chi connectivity index (χ3v) is 3.49. The highest BCUT2D eigenvalue weighted by Gasteiger charge is 2.31. The van der Waals surface area contributed by atoms with Crippen molar-refractivity contribution in [2.75, 3.05) is 0 Å². The Labute approximate surface area is 93.1 Å². The molecule has 0 bridgehead atoms. The van der Waals surface area contributed by atoms with E-state index in [-0.39, 0.29) is 0 Å². The van der Waals surface area contributed by atoms with E-state index >= 15 is 0 Å². The molecular weight excluding hydrogens is 188 g/mol. The van der Waals surface area contributed by atoms with Crippen molar-refractivity contribution in [1.29, 1.82) is 0 Å². The quantitative estimate of drug-likeness (QED) is 0.589.